The Kier molecular flexibility index (Phi) is 6.05. The van der Waals surface area contributed by atoms with E-state index in [1.54, 1.807) is 23.1 Å². The first kappa shape index (κ1) is 23.2. The van der Waals surface area contributed by atoms with Crippen molar-refractivity contribution in [1.82, 2.24) is 19.6 Å². The second kappa shape index (κ2) is 8.88. The molecule has 0 aliphatic carbocycles. The molecule has 0 aromatic heterocycles. The third-order valence-corrected chi connectivity index (χ3v) is 9.06. The summed E-state index contributed by atoms with van der Waals surface area (Å²) in [6.45, 7) is 2.39. The van der Waals surface area contributed by atoms with Crippen LogP contribution in [0.4, 0.5) is 0 Å². The van der Waals surface area contributed by atoms with Gasteiger partial charge in [0.2, 0.25) is 5.91 Å². The molecule has 3 heterocycles. The highest BCUT2D eigenvalue weighted by Gasteiger charge is 2.41. The van der Waals surface area contributed by atoms with E-state index in [0.29, 0.717) is 32.6 Å². The molecule has 0 bridgehead atoms. The number of amides is 2. The fourth-order valence-electron chi connectivity index (χ4n) is 4.98. The SMILES string of the molecule is CN1C=C2C(=O)N(C3CCN(C(=O)CCS(=O)(=O)c4ccc5cc(Br)ccc5c4)CC3)CN2C1. The van der Waals surface area contributed by atoms with Crippen molar-refractivity contribution in [2.75, 3.05) is 39.2 Å². The van der Waals surface area contributed by atoms with Gasteiger partial charge in [-0.1, -0.05) is 28.1 Å². The Hall–Kier alpha value is -2.59. The van der Waals surface area contributed by atoms with Crippen LogP contribution in [0.2, 0.25) is 0 Å². The number of halogens is 1. The van der Waals surface area contributed by atoms with Crippen molar-refractivity contribution >= 4 is 48.4 Å². The molecular weight excluding hydrogens is 520 g/mol. The Morgan fingerprint density at radius 2 is 1.76 bits per heavy atom. The van der Waals surface area contributed by atoms with Crippen molar-refractivity contribution < 1.29 is 18.0 Å². The molecule has 0 saturated carbocycles. The molecule has 0 atom stereocenters. The van der Waals surface area contributed by atoms with E-state index in [4.69, 9.17) is 0 Å². The van der Waals surface area contributed by atoms with Gasteiger partial charge in [0.25, 0.3) is 5.91 Å². The molecule has 0 N–H and O–H groups in total. The lowest BCUT2D eigenvalue weighted by atomic mass is 10.0. The van der Waals surface area contributed by atoms with Crippen molar-refractivity contribution in [1.29, 1.82) is 0 Å². The highest BCUT2D eigenvalue weighted by molar-refractivity contribution is 9.10. The van der Waals surface area contributed by atoms with Gasteiger partial charge >= 0.3 is 0 Å². The molecule has 2 aromatic carbocycles. The summed E-state index contributed by atoms with van der Waals surface area (Å²) in [5, 5.41) is 1.80. The molecule has 3 aliphatic rings. The fourth-order valence-corrected chi connectivity index (χ4v) is 6.62. The molecule has 0 radical (unpaired) electrons. The van der Waals surface area contributed by atoms with Crippen LogP contribution >= 0.6 is 15.9 Å². The van der Waals surface area contributed by atoms with Gasteiger partial charge in [0.05, 0.1) is 24.0 Å². The first-order chi connectivity index (χ1) is 16.2. The van der Waals surface area contributed by atoms with Crippen LogP contribution in [0.5, 0.6) is 0 Å². The average molecular weight is 547 g/mol. The second-order valence-electron chi connectivity index (χ2n) is 9.20. The summed E-state index contributed by atoms with van der Waals surface area (Å²) in [5.41, 5.74) is 0.743. The summed E-state index contributed by atoms with van der Waals surface area (Å²) in [6, 6.07) is 10.9. The summed E-state index contributed by atoms with van der Waals surface area (Å²) in [7, 11) is -1.62. The zero-order chi connectivity index (χ0) is 24.0. The first-order valence-electron chi connectivity index (χ1n) is 11.4. The van der Waals surface area contributed by atoms with E-state index in [9.17, 15) is 18.0 Å². The minimum Gasteiger partial charge on any atom is -0.361 e. The zero-order valence-corrected chi connectivity index (χ0v) is 21.4. The highest BCUT2D eigenvalue weighted by Crippen LogP contribution is 2.29. The Morgan fingerprint density at radius 1 is 1.06 bits per heavy atom. The number of likely N-dealkylation sites (tertiary alicyclic amines) is 1. The Morgan fingerprint density at radius 3 is 2.50 bits per heavy atom. The van der Waals surface area contributed by atoms with E-state index in [0.717, 1.165) is 27.6 Å². The van der Waals surface area contributed by atoms with E-state index in [1.165, 1.54) is 0 Å². The number of nitrogens with zero attached hydrogens (tertiary/aromatic N) is 4. The van der Waals surface area contributed by atoms with Gasteiger partial charge in [-0.3, -0.25) is 9.59 Å². The van der Waals surface area contributed by atoms with Crippen LogP contribution < -0.4 is 0 Å². The highest BCUT2D eigenvalue weighted by atomic mass is 79.9. The summed E-state index contributed by atoms with van der Waals surface area (Å²) >= 11 is 3.42. The molecule has 2 fully saturated rings. The van der Waals surface area contributed by atoms with Crippen molar-refractivity contribution in [3.63, 3.8) is 0 Å². The Bertz CT molecular complexity index is 1290. The molecule has 2 saturated heterocycles. The molecule has 3 aliphatic heterocycles. The quantitative estimate of drug-likeness (QED) is 0.573. The number of hydrogen-bond donors (Lipinski definition) is 0. The molecular formula is C24H27BrN4O4S. The van der Waals surface area contributed by atoms with Crippen LogP contribution in [-0.2, 0) is 19.4 Å². The molecule has 5 rings (SSSR count). The predicted octanol–water partition coefficient (Wildman–Crippen LogP) is 2.60. The number of carbonyl (C=O) groups excluding carboxylic acids is 2. The molecule has 34 heavy (non-hydrogen) atoms. The number of benzene rings is 2. The van der Waals surface area contributed by atoms with Crippen LogP contribution in [0.1, 0.15) is 19.3 Å². The number of sulfone groups is 1. The normalized spacial score (nSPS) is 19.2. The van der Waals surface area contributed by atoms with Gasteiger partial charge in [0, 0.05) is 43.3 Å². The third kappa shape index (κ3) is 4.40. The van der Waals surface area contributed by atoms with Gasteiger partial charge in [-0.25, -0.2) is 8.42 Å². The van der Waals surface area contributed by atoms with Crippen LogP contribution in [0.25, 0.3) is 10.8 Å². The maximum Gasteiger partial charge on any atom is 0.273 e. The van der Waals surface area contributed by atoms with Crippen molar-refractivity contribution in [2.45, 2.75) is 30.2 Å². The number of piperidine rings is 1. The summed E-state index contributed by atoms with van der Waals surface area (Å²) < 4.78 is 26.7. The van der Waals surface area contributed by atoms with Crippen LogP contribution in [0.15, 0.2) is 57.7 Å². The van der Waals surface area contributed by atoms with Crippen LogP contribution in [0.3, 0.4) is 0 Å². The van der Waals surface area contributed by atoms with E-state index in [2.05, 4.69) is 20.8 Å². The van der Waals surface area contributed by atoms with E-state index in [1.807, 2.05) is 41.2 Å². The fraction of sp³-hybridized carbons (Fsp3) is 0.417. The van der Waals surface area contributed by atoms with Crippen molar-refractivity contribution in [2.24, 2.45) is 0 Å². The topological polar surface area (TPSA) is 81.2 Å². The third-order valence-electron chi connectivity index (χ3n) is 6.86. The molecule has 0 unspecified atom stereocenters. The number of rotatable bonds is 5. The molecule has 180 valence electrons. The standard InChI is InChI=1S/C24H27BrN4O4S/c1-26-14-22-24(31)29(16-28(22)15-26)20-6-9-27(10-7-20)23(30)8-11-34(32,33)21-5-3-17-12-19(25)4-2-18(17)13-21/h2-5,12-14,20H,6-11,15-16H2,1H3. The Balaban J connectivity index is 1.16. The van der Waals surface area contributed by atoms with E-state index >= 15 is 0 Å². The maximum atomic E-state index is 12.9. The van der Waals surface area contributed by atoms with Gasteiger partial charge in [-0.2, -0.15) is 0 Å². The number of hydrogen-bond acceptors (Lipinski definition) is 6. The largest absolute Gasteiger partial charge is 0.361 e. The van der Waals surface area contributed by atoms with Gasteiger partial charge in [0.1, 0.15) is 5.70 Å². The predicted molar refractivity (Wildman–Crippen MR) is 132 cm³/mol. The molecule has 0 spiro atoms. The smallest absolute Gasteiger partial charge is 0.273 e. The second-order valence-corrected chi connectivity index (χ2v) is 12.2. The molecule has 2 amide bonds. The van der Waals surface area contributed by atoms with Gasteiger partial charge < -0.3 is 19.6 Å². The number of fused-ring (bicyclic) bond motifs is 2. The monoisotopic (exact) mass is 546 g/mol. The van der Waals surface area contributed by atoms with Gasteiger partial charge in [-0.05, 0) is 47.9 Å². The Labute approximate surface area is 207 Å². The van der Waals surface area contributed by atoms with Crippen LogP contribution in [0, 0.1) is 0 Å². The van der Waals surface area contributed by atoms with E-state index in [-0.39, 0.29) is 34.9 Å². The number of carbonyl (C=O) groups is 2. The minimum absolute atomic E-state index is 0.0407. The van der Waals surface area contributed by atoms with E-state index < -0.39 is 9.84 Å². The lowest BCUT2D eigenvalue weighted by Crippen LogP contribution is -2.48. The van der Waals surface area contributed by atoms with Crippen molar-refractivity contribution in [3.05, 3.63) is 52.8 Å². The average Bonchev–Trinajstić information content (AvgIpc) is 3.34. The lowest BCUT2D eigenvalue weighted by molar-refractivity contribution is -0.133. The lowest BCUT2D eigenvalue weighted by Gasteiger charge is -2.36. The molecule has 2 aromatic rings. The van der Waals surface area contributed by atoms with Crippen LogP contribution in [-0.4, -0.2) is 85.1 Å². The summed E-state index contributed by atoms with van der Waals surface area (Å²) in [6.07, 6.45) is 3.26. The molecule has 10 heteroatoms. The van der Waals surface area contributed by atoms with Gasteiger partial charge in [0.15, 0.2) is 9.84 Å². The summed E-state index contributed by atoms with van der Waals surface area (Å²) in [4.78, 5) is 33.4. The van der Waals surface area contributed by atoms with Crippen molar-refractivity contribution in [3.8, 4) is 0 Å². The van der Waals surface area contributed by atoms with Gasteiger partial charge in [-0.15, -0.1) is 0 Å². The maximum absolute atomic E-state index is 12.9. The first-order valence-corrected chi connectivity index (χ1v) is 13.8. The zero-order valence-electron chi connectivity index (χ0n) is 19.0. The minimum atomic E-state index is -3.57. The molecule has 8 nitrogen and oxygen atoms in total. The summed E-state index contributed by atoms with van der Waals surface area (Å²) in [5.74, 6) is -0.304.